The van der Waals surface area contributed by atoms with Crippen LogP contribution in [-0.4, -0.2) is 66.0 Å². The standard InChI is InChI=1S/2C21H30INO3.H2O/c2*1-20(2,3)16-10-14-13-23(4,5)21(26-19(14)17(22)11-16)9-7-6-8-15(21)12-18(24)25;/h2*10-11,15H,6-9,12-13H2,1-5H3;1H2. The van der Waals surface area contributed by atoms with E-state index in [0.717, 1.165) is 83.1 Å². The van der Waals surface area contributed by atoms with Gasteiger partial charge in [-0.05, 0) is 130 Å². The normalized spacial score (nSPS) is 27.2. The van der Waals surface area contributed by atoms with Gasteiger partial charge in [0.05, 0.1) is 58.3 Å². The number of carboxylic acid groups (broad SMARTS) is 2. The molecule has 2 spiro atoms. The van der Waals surface area contributed by atoms with Crippen molar-refractivity contribution in [3.05, 3.63) is 53.7 Å². The van der Waals surface area contributed by atoms with Crippen LogP contribution in [0.15, 0.2) is 24.3 Å². The van der Waals surface area contributed by atoms with Gasteiger partial charge in [-0.25, -0.2) is 0 Å². The molecular weight excluding hydrogens is 898 g/mol. The number of quaternary nitrogens is 2. The van der Waals surface area contributed by atoms with Crippen LogP contribution in [0.4, 0.5) is 0 Å². The Morgan fingerprint density at radius 2 is 1.02 bits per heavy atom. The Hall–Kier alpha value is -1.68. The highest BCUT2D eigenvalue weighted by Gasteiger charge is 2.59. The monoisotopic (exact) mass is 960 g/mol. The minimum atomic E-state index is -0.969. The minimum absolute atomic E-state index is 0. The number of carbonyl (C=O) groups excluding carboxylic acids is 2. The quantitative estimate of drug-likeness (QED) is 0.260. The lowest BCUT2D eigenvalue weighted by molar-refractivity contribution is -0.984. The van der Waals surface area contributed by atoms with E-state index in [0.29, 0.717) is 8.97 Å². The van der Waals surface area contributed by atoms with Crippen LogP contribution in [0.1, 0.15) is 128 Å². The summed E-state index contributed by atoms with van der Waals surface area (Å²) in [7, 11) is 8.75. The van der Waals surface area contributed by atoms with E-state index in [1.54, 1.807) is 0 Å². The van der Waals surface area contributed by atoms with Crippen molar-refractivity contribution in [3.63, 3.8) is 0 Å². The zero-order valence-electron chi connectivity index (χ0n) is 33.5. The fourth-order valence-corrected chi connectivity index (χ4v) is 11.1. The van der Waals surface area contributed by atoms with E-state index in [9.17, 15) is 19.8 Å². The van der Waals surface area contributed by atoms with E-state index in [4.69, 9.17) is 9.47 Å². The fraction of sp³-hybridized carbons (Fsp3) is 0.667. The summed E-state index contributed by atoms with van der Waals surface area (Å²) in [5.41, 5.74) is 4.31. The average Bonchev–Trinajstić information content (AvgIpc) is 2.99. The molecule has 0 aromatic heterocycles. The number of halogens is 2. The summed E-state index contributed by atoms with van der Waals surface area (Å²) in [6.07, 6.45) is 8.02. The molecule has 6 rings (SSSR count). The van der Waals surface area contributed by atoms with Crippen LogP contribution in [0.5, 0.6) is 11.5 Å². The summed E-state index contributed by atoms with van der Waals surface area (Å²) in [4.78, 5) is 22.8. The lowest BCUT2D eigenvalue weighted by Gasteiger charge is -2.56. The van der Waals surface area contributed by atoms with Crippen LogP contribution < -0.4 is 19.7 Å². The van der Waals surface area contributed by atoms with E-state index in [-0.39, 0.29) is 41.0 Å². The largest absolute Gasteiger partial charge is 0.550 e. The summed E-state index contributed by atoms with van der Waals surface area (Å²) >= 11 is 4.74. The molecule has 2 aromatic carbocycles. The van der Waals surface area contributed by atoms with Crippen molar-refractivity contribution in [1.29, 1.82) is 0 Å². The Balaban J connectivity index is 0.000000232. The molecule has 2 N–H and O–H groups in total. The zero-order chi connectivity index (χ0) is 38.7. The van der Waals surface area contributed by atoms with Crippen molar-refractivity contribution in [2.45, 2.75) is 141 Å². The van der Waals surface area contributed by atoms with Gasteiger partial charge in [0.1, 0.15) is 24.6 Å². The molecule has 0 amide bonds. The van der Waals surface area contributed by atoms with Crippen molar-refractivity contribution in [3.8, 4) is 11.5 Å². The van der Waals surface area contributed by atoms with Crippen molar-refractivity contribution in [2.75, 3.05) is 28.2 Å². The average molecular weight is 961 g/mol. The minimum Gasteiger partial charge on any atom is -0.550 e. The Labute approximate surface area is 345 Å². The van der Waals surface area contributed by atoms with E-state index in [1.807, 2.05) is 0 Å². The third-order valence-corrected chi connectivity index (χ3v) is 14.1. The number of benzene rings is 2. The SMILES string of the molecule is CC(C)(C)c1cc(I)c2c(c1)C[N+](C)(C)C1(CCCCC1CC(=O)[O-])O2.CC(C)(C)c1cc(I)c2c(c1)C[N+](C)(C)C1(CCCCC1CC(=O)[O-])O2.O. The van der Waals surface area contributed by atoms with Gasteiger partial charge in [0.15, 0.2) is 0 Å². The smallest absolute Gasteiger partial charge is 0.246 e. The van der Waals surface area contributed by atoms with Crippen molar-refractivity contribution in [1.82, 2.24) is 0 Å². The third kappa shape index (κ3) is 8.68. The van der Waals surface area contributed by atoms with Crippen molar-refractivity contribution < 1.29 is 43.7 Å². The van der Waals surface area contributed by atoms with E-state index in [1.165, 1.54) is 22.3 Å². The van der Waals surface area contributed by atoms with Crippen LogP contribution in [0.2, 0.25) is 0 Å². The first-order valence-electron chi connectivity index (χ1n) is 19.0. The number of carbonyl (C=O) groups is 2. The van der Waals surface area contributed by atoms with E-state index in [2.05, 4.69) is 139 Å². The van der Waals surface area contributed by atoms with E-state index >= 15 is 0 Å². The van der Waals surface area contributed by atoms with Gasteiger partial charge < -0.3 is 34.8 Å². The maximum Gasteiger partial charge on any atom is 0.246 e. The highest BCUT2D eigenvalue weighted by molar-refractivity contribution is 14.1. The Morgan fingerprint density at radius 3 is 1.32 bits per heavy atom. The molecule has 2 aromatic rings. The first-order valence-corrected chi connectivity index (χ1v) is 21.2. The number of hydrogen-bond acceptors (Lipinski definition) is 6. The molecule has 2 heterocycles. The lowest BCUT2D eigenvalue weighted by atomic mass is 9.75. The van der Waals surface area contributed by atoms with Crippen molar-refractivity contribution >= 4 is 57.1 Å². The van der Waals surface area contributed by atoms with Gasteiger partial charge in [-0.2, -0.15) is 0 Å². The molecule has 53 heavy (non-hydrogen) atoms. The molecule has 0 radical (unpaired) electrons. The number of hydrogen-bond donors (Lipinski definition) is 0. The number of rotatable bonds is 4. The number of aliphatic carboxylic acids is 2. The summed E-state index contributed by atoms with van der Waals surface area (Å²) in [5.74, 6) is -0.0421. The molecule has 4 aliphatic rings. The zero-order valence-corrected chi connectivity index (χ0v) is 37.9. The Morgan fingerprint density at radius 1 is 0.679 bits per heavy atom. The van der Waals surface area contributed by atoms with Gasteiger partial charge in [-0.15, -0.1) is 0 Å². The van der Waals surface area contributed by atoms with Crippen LogP contribution >= 0.6 is 45.2 Å². The summed E-state index contributed by atoms with van der Waals surface area (Å²) < 4.78 is 17.1. The van der Waals surface area contributed by atoms with Gasteiger partial charge >= 0.3 is 0 Å². The summed E-state index contributed by atoms with van der Waals surface area (Å²) in [6.45, 7) is 15.1. The van der Waals surface area contributed by atoms with Gasteiger partial charge in [0, 0.05) is 24.8 Å². The predicted octanol–water partition coefficient (Wildman–Crippen LogP) is 6.34. The highest BCUT2D eigenvalue weighted by Crippen LogP contribution is 2.52. The molecule has 2 fully saturated rings. The second kappa shape index (κ2) is 15.7. The van der Waals surface area contributed by atoms with Gasteiger partial charge in [-0.1, -0.05) is 54.4 Å². The van der Waals surface area contributed by atoms with Crippen LogP contribution in [-0.2, 0) is 33.5 Å². The number of carboxylic acids is 2. The van der Waals surface area contributed by atoms with Gasteiger partial charge in [0.2, 0.25) is 11.4 Å². The summed E-state index contributed by atoms with van der Waals surface area (Å²) in [5, 5.41) is 22.8. The Kier molecular flexibility index (Phi) is 13.0. The second-order valence-electron chi connectivity index (χ2n) is 19.0. The molecule has 11 heteroatoms. The molecule has 4 unspecified atom stereocenters. The van der Waals surface area contributed by atoms with E-state index < -0.39 is 23.4 Å². The maximum atomic E-state index is 11.4. The lowest BCUT2D eigenvalue weighted by Crippen LogP contribution is -2.69. The highest BCUT2D eigenvalue weighted by atomic mass is 127. The molecule has 2 aliphatic heterocycles. The molecule has 2 aliphatic carbocycles. The molecule has 4 atom stereocenters. The van der Waals surface area contributed by atoms with Crippen LogP contribution in [0.25, 0.3) is 0 Å². The third-order valence-electron chi connectivity index (χ3n) is 12.5. The first-order chi connectivity index (χ1) is 23.9. The molecular formula is C42H62I2N2O7. The van der Waals surface area contributed by atoms with Gasteiger partial charge in [0.25, 0.3) is 0 Å². The van der Waals surface area contributed by atoms with Gasteiger partial charge in [-0.3, -0.25) is 8.97 Å². The molecule has 2 saturated carbocycles. The first kappa shape index (κ1) is 44.0. The van der Waals surface area contributed by atoms with Crippen LogP contribution in [0.3, 0.4) is 0 Å². The molecule has 9 nitrogen and oxygen atoms in total. The fourth-order valence-electron chi connectivity index (χ4n) is 9.54. The van der Waals surface area contributed by atoms with Crippen LogP contribution in [0, 0.1) is 19.0 Å². The second-order valence-corrected chi connectivity index (χ2v) is 21.3. The number of ether oxygens (including phenoxy) is 2. The maximum absolute atomic E-state index is 11.4. The predicted molar refractivity (Wildman–Crippen MR) is 221 cm³/mol. The molecule has 296 valence electrons. The topological polar surface area (TPSA) is 130 Å². The molecule has 0 saturated heterocycles. The number of fused-ring (bicyclic) bond motifs is 2. The number of nitrogens with zero attached hydrogens (tertiary/aromatic N) is 2. The van der Waals surface area contributed by atoms with Crippen molar-refractivity contribution in [2.24, 2.45) is 11.8 Å². The molecule has 0 bridgehead atoms. The Bertz CT molecular complexity index is 1570. The summed E-state index contributed by atoms with van der Waals surface area (Å²) in [6, 6.07) is 8.99.